The van der Waals surface area contributed by atoms with Crippen LogP contribution in [-0.2, 0) is 4.79 Å². The molecule has 4 nitrogen and oxygen atoms in total. The van der Waals surface area contributed by atoms with Crippen LogP contribution in [0.2, 0.25) is 0 Å². The predicted molar refractivity (Wildman–Crippen MR) is 54.9 cm³/mol. The average Bonchev–Trinajstić information content (AvgIpc) is 2.49. The van der Waals surface area contributed by atoms with Gasteiger partial charge in [-0.25, -0.2) is 0 Å². The lowest BCUT2D eigenvalue weighted by Gasteiger charge is -2.23. The molecular weight excluding hydrogens is 180 g/mol. The van der Waals surface area contributed by atoms with Crippen molar-refractivity contribution in [2.45, 2.75) is 45.4 Å². The first-order valence-electron chi connectivity index (χ1n) is 5.23. The highest BCUT2D eigenvalue weighted by molar-refractivity contribution is 5.81. The number of nitrogens with one attached hydrogen (secondary N) is 1. The second-order valence-corrected chi connectivity index (χ2v) is 4.28. The number of carbonyl (C=O) groups excluding carboxylic acids is 1. The van der Waals surface area contributed by atoms with Crippen LogP contribution in [0.3, 0.4) is 0 Å². The van der Waals surface area contributed by atoms with Crippen molar-refractivity contribution < 1.29 is 9.90 Å². The SMILES string of the molecule is CC(C)NC(=O)C(C)N1CC[C@H](O)C1. The Balaban J connectivity index is 2.40. The van der Waals surface area contributed by atoms with Gasteiger partial charge in [0.25, 0.3) is 0 Å². The summed E-state index contributed by atoms with van der Waals surface area (Å²) in [5, 5.41) is 12.2. The summed E-state index contributed by atoms with van der Waals surface area (Å²) in [6.07, 6.45) is 0.517. The van der Waals surface area contributed by atoms with Gasteiger partial charge in [0, 0.05) is 19.1 Å². The fourth-order valence-electron chi connectivity index (χ4n) is 1.69. The first-order valence-corrected chi connectivity index (χ1v) is 5.23. The molecule has 0 aromatic heterocycles. The number of carbonyl (C=O) groups is 1. The van der Waals surface area contributed by atoms with Crippen LogP contribution in [-0.4, -0.2) is 47.2 Å². The Bertz CT molecular complexity index is 206. The molecule has 2 N–H and O–H groups in total. The highest BCUT2D eigenvalue weighted by Crippen LogP contribution is 2.12. The second kappa shape index (κ2) is 4.75. The van der Waals surface area contributed by atoms with Gasteiger partial charge in [-0.2, -0.15) is 0 Å². The smallest absolute Gasteiger partial charge is 0.237 e. The van der Waals surface area contributed by atoms with Gasteiger partial charge in [0.05, 0.1) is 12.1 Å². The molecule has 0 aliphatic carbocycles. The highest BCUT2D eigenvalue weighted by atomic mass is 16.3. The van der Waals surface area contributed by atoms with E-state index >= 15 is 0 Å². The van der Waals surface area contributed by atoms with Gasteiger partial charge in [-0.05, 0) is 27.2 Å². The minimum atomic E-state index is -0.260. The zero-order valence-electron chi connectivity index (χ0n) is 9.16. The molecule has 0 aromatic rings. The summed E-state index contributed by atoms with van der Waals surface area (Å²) in [6.45, 7) is 7.21. The molecule has 1 aliphatic heterocycles. The van der Waals surface area contributed by atoms with Crippen molar-refractivity contribution >= 4 is 5.91 Å². The summed E-state index contributed by atoms with van der Waals surface area (Å²) in [7, 11) is 0. The minimum absolute atomic E-state index is 0.0501. The number of hydrogen-bond acceptors (Lipinski definition) is 3. The van der Waals surface area contributed by atoms with Crippen molar-refractivity contribution in [3.63, 3.8) is 0 Å². The third kappa shape index (κ3) is 2.96. The van der Waals surface area contributed by atoms with Crippen molar-refractivity contribution in [1.82, 2.24) is 10.2 Å². The molecule has 0 spiro atoms. The fraction of sp³-hybridized carbons (Fsp3) is 0.900. The Labute approximate surface area is 85.3 Å². The first-order chi connectivity index (χ1) is 6.50. The largest absolute Gasteiger partial charge is 0.392 e. The summed E-state index contributed by atoms with van der Waals surface area (Å²) in [5.74, 6) is 0.0501. The maximum absolute atomic E-state index is 11.6. The molecule has 1 saturated heterocycles. The van der Waals surface area contributed by atoms with Crippen LogP contribution >= 0.6 is 0 Å². The number of aliphatic hydroxyl groups excluding tert-OH is 1. The van der Waals surface area contributed by atoms with Crippen LogP contribution in [0.1, 0.15) is 27.2 Å². The minimum Gasteiger partial charge on any atom is -0.392 e. The maximum atomic E-state index is 11.6. The van der Waals surface area contributed by atoms with E-state index < -0.39 is 0 Å². The van der Waals surface area contributed by atoms with Gasteiger partial charge in [-0.3, -0.25) is 9.69 Å². The molecule has 14 heavy (non-hydrogen) atoms. The summed E-state index contributed by atoms with van der Waals surface area (Å²) in [6, 6.07) is 0.0482. The zero-order chi connectivity index (χ0) is 10.7. The molecule has 0 bridgehead atoms. The van der Waals surface area contributed by atoms with E-state index in [-0.39, 0.29) is 24.1 Å². The van der Waals surface area contributed by atoms with Crippen molar-refractivity contribution in [3.05, 3.63) is 0 Å². The molecule has 1 aliphatic rings. The third-order valence-corrected chi connectivity index (χ3v) is 2.55. The summed E-state index contributed by atoms with van der Waals surface area (Å²) in [5.41, 5.74) is 0. The molecule has 0 radical (unpaired) electrons. The Hall–Kier alpha value is -0.610. The Morgan fingerprint density at radius 1 is 1.50 bits per heavy atom. The maximum Gasteiger partial charge on any atom is 0.237 e. The molecule has 1 heterocycles. The highest BCUT2D eigenvalue weighted by Gasteiger charge is 2.28. The monoisotopic (exact) mass is 200 g/mol. The fourth-order valence-corrected chi connectivity index (χ4v) is 1.69. The Morgan fingerprint density at radius 3 is 2.57 bits per heavy atom. The lowest BCUT2D eigenvalue weighted by Crippen LogP contribution is -2.46. The molecule has 82 valence electrons. The average molecular weight is 200 g/mol. The third-order valence-electron chi connectivity index (χ3n) is 2.55. The molecule has 4 heteroatoms. The molecule has 0 aromatic carbocycles. The topological polar surface area (TPSA) is 52.6 Å². The number of β-amino-alcohol motifs (C(OH)–C–C–N with tert-alkyl or cyclic N) is 1. The van der Waals surface area contributed by atoms with Gasteiger partial charge >= 0.3 is 0 Å². The van der Waals surface area contributed by atoms with Crippen molar-refractivity contribution in [2.24, 2.45) is 0 Å². The van der Waals surface area contributed by atoms with Gasteiger partial charge in [0.1, 0.15) is 0 Å². The molecule has 1 unspecified atom stereocenters. The molecule has 1 amide bonds. The van der Waals surface area contributed by atoms with Crippen LogP contribution < -0.4 is 5.32 Å². The normalized spacial score (nSPS) is 25.4. The van der Waals surface area contributed by atoms with Gasteiger partial charge in [-0.1, -0.05) is 0 Å². The predicted octanol–water partition coefficient (Wildman–Crippen LogP) is -0.0339. The lowest BCUT2D eigenvalue weighted by molar-refractivity contribution is -0.126. The van der Waals surface area contributed by atoms with Gasteiger partial charge in [-0.15, -0.1) is 0 Å². The van der Waals surface area contributed by atoms with E-state index in [0.29, 0.717) is 6.54 Å². The van der Waals surface area contributed by atoms with Crippen LogP contribution in [0, 0.1) is 0 Å². The Kier molecular flexibility index (Phi) is 3.89. The van der Waals surface area contributed by atoms with E-state index in [4.69, 9.17) is 0 Å². The summed E-state index contributed by atoms with van der Waals surface area (Å²) >= 11 is 0. The van der Waals surface area contributed by atoms with Crippen molar-refractivity contribution in [1.29, 1.82) is 0 Å². The number of rotatable bonds is 3. The lowest BCUT2D eigenvalue weighted by atomic mass is 10.2. The van der Waals surface area contributed by atoms with Crippen LogP contribution in [0.4, 0.5) is 0 Å². The standard InChI is InChI=1S/C10H20N2O2/c1-7(2)11-10(14)8(3)12-5-4-9(13)6-12/h7-9,13H,4-6H2,1-3H3,(H,11,14)/t8?,9-/m0/s1. The van der Waals surface area contributed by atoms with Crippen molar-refractivity contribution in [2.75, 3.05) is 13.1 Å². The number of likely N-dealkylation sites (tertiary alicyclic amines) is 1. The van der Waals surface area contributed by atoms with E-state index in [2.05, 4.69) is 5.32 Å². The molecule has 1 fully saturated rings. The van der Waals surface area contributed by atoms with E-state index in [0.717, 1.165) is 13.0 Å². The quantitative estimate of drug-likeness (QED) is 0.672. The van der Waals surface area contributed by atoms with Crippen LogP contribution in [0.25, 0.3) is 0 Å². The molecular formula is C10H20N2O2. The van der Waals surface area contributed by atoms with Gasteiger partial charge in [0.15, 0.2) is 0 Å². The summed E-state index contributed by atoms with van der Waals surface area (Å²) in [4.78, 5) is 13.6. The van der Waals surface area contributed by atoms with E-state index in [9.17, 15) is 9.90 Å². The van der Waals surface area contributed by atoms with Gasteiger partial charge < -0.3 is 10.4 Å². The molecule has 1 rings (SSSR count). The molecule has 0 saturated carbocycles. The van der Waals surface area contributed by atoms with Gasteiger partial charge in [0.2, 0.25) is 5.91 Å². The van der Waals surface area contributed by atoms with E-state index in [1.54, 1.807) is 0 Å². The number of nitrogens with zero attached hydrogens (tertiary/aromatic N) is 1. The van der Waals surface area contributed by atoms with Crippen molar-refractivity contribution in [3.8, 4) is 0 Å². The van der Waals surface area contributed by atoms with E-state index in [1.165, 1.54) is 0 Å². The number of amides is 1. The zero-order valence-corrected chi connectivity index (χ0v) is 9.16. The first kappa shape index (κ1) is 11.5. The van der Waals surface area contributed by atoms with Crippen LogP contribution in [0.5, 0.6) is 0 Å². The Morgan fingerprint density at radius 2 is 2.14 bits per heavy atom. The van der Waals surface area contributed by atoms with Crippen LogP contribution in [0.15, 0.2) is 0 Å². The molecule has 2 atom stereocenters. The second-order valence-electron chi connectivity index (χ2n) is 4.28. The summed E-state index contributed by atoms with van der Waals surface area (Å²) < 4.78 is 0. The number of aliphatic hydroxyl groups is 1. The van der Waals surface area contributed by atoms with E-state index in [1.807, 2.05) is 25.7 Å². The number of hydrogen-bond donors (Lipinski definition) is 2.